The second-order valence-electron chi connectivity index (χ2n) is 5.24. The zero-order chi connectivity index (χ0) is 9.90. The van der Waals surface area contributed by atoms with Gasteiger partial charge in [-0.15, -0.1) is 5.16 Å². The van der Waals surface area contributed by atoms with Crippen molar-refractivity contribution < 1.29 is 5.21 Å². The van der Waals surface area contributed by atoms with Crippen LogP contribution in [0.3, 0.4) is 0 Å². The molecule has 0 aromatic rings. The Kier molecular flexibility index (Phi) is 3.34. The van der Waals surface area contributed by atoms with E-state index >= 15 is 0 Å². The van der Waals surface area contributed by atoms with Gasteiger partial charge in [0.15, 0.2) is 0 Å². The summed E-state index contributed by atoms with van der Waals surface area (Å²) in [6.45, 7) is 6.95. The van der Waals surface area contributed by atoms with E-state index in [0.29, 0.717) is 11.3 Å². The Balaban J connectivity index is 2.39. The summed E-state index contributed by atoms with van der Waals surface area (Å²) >= 11 is 0. The Morgan fingerprint density at radius 3 is 2.08 bits per heavy atom. The highest BCUT2D eigenvalue weighted by atomic mass is 16.4. The van der Waals surface area contributed by atoms with Gasteiger partial charge in [-0.3, -0.25) is 0 Å². The van der Waals surface area contributed by atoms with Gasteiger partial charge >= 0.3 is 0 Å². The van der Waals surface area contributed by atoms with Crippen molar-refractivity contribution in [3.05, 3.63) is 0 Å². The van der Waals surface area contributed by atoms with E-state index in [0.717, 1.165) is 5.92 Å². The topological polar surface area (TPSA) is 32.6 Å². The highest BCUT2D eigenvalue weighted by Crippen LogP contribution is 2.39. The Bertz CT molecular complexity index is 173. The molecule has 13 heavy (non-hydrogen) atoms. The van der Waals surface area contributed by atoms with Crippen molar-refractivity contribution in [3.8, 4) is 0 Å². The van der Waals surface area contributed by atoms with Crippen LogP contribution in [0.25, 0.3) is 0 Å². The van der Waals surface area contributed by atoms with E-state index in [-0.39, 0.29) is 0 Å². The lowest BCUT2D eigenvalue weighted by molar-refractivity contribution is 0.167. The molecule has 1 fully saturated rings. The fourth-order valence-corrected chi connectivity index (χ4v) is 2.23. The fraction of sp³-hybridized carbons (Fsp3) is 0.909. The van der Waals surface area contributed by atoms with E-state index in [1.54, 1.807) is 6.21 Å². The predicted octanol–water partition coefficient (Wildman–Crippen LogP) is 3.30. The van der Waals surface area contributed by atoms with Gasteiger partial charge < -0.3 is 5.21 Å². The minimum Gasteiger partial charge on any atom is -0.411 e. The average molecular weight is 183 g/mol. The van der Waals surface area contributed by atoms with Gasteiger partial charge in [-0.2, -0.15) is 0 Å². The largest absolute Gasteiger partial charge is 0.411 e. The third kappa shape index (κ3) is 3.02. The molecule has 1 saturated carbocycles. The number of oxime groups is 1. The molecule has 0 amide bonds. The first-order valence-corrected chi connectivity index (χ1v) is 5.21. The van der Waals surface area contributed by atoms with Crippen LogP contribution in [-0.2, 0) is 0 Å². The van der Waals surface area contributed by atoms with Gasteiger partial charge in [0.1, 0.15) is 0 Å². The SMILES string of the molecule is CC(C)(C)C1CCC(/C=N/O)CC1. The lowest BCUT2D eigenvalue weighted by Crippen LogP contribution is -2.26. The molecule has 1 aliphatic rings. The van der Waals surface area contributed by atoms with Crippen LogP contribution in [0, 0.1) is 17.3 Å². The molecule has 76 valence electrons. The van der Waals surface area contributed by atoms with Crippen molar-refractivity contribution >= 4 is 6.21 Å². The second-order valence-corrected chi connectivity index (χ2v) is 5.24. The molecule has 0 unspecified atom stereocenters. The van der Waals surface area contributed by atoms with E-state index in [2.05, 4.69) is 25.9 Å². The molecule has 0 aliphatic heterocycles. The molecule has 1 N–H and O–H groups in total. The third-order valence-corrected chi connectivity index (χ3v) is 3.27. The van der Waals surface area contributed by atoms with Crippen LogP contribution in [0.1, 0.15) is 46.5 Å². The van der Waals surface area contributed by atoms with E-state index in [4.69, 9.17) is 5.21 Å². The zero-order valence-corrected chi connectivity index (χ0v) is 8.95. The average Bonchev–Trinajstić information content (AvgIpc) is 2.04. The molecule has 2 heteroatoms. The van der Waals surface area contributed by atoms with Crippen LogP contribution in [0.2, 0.25) is 0 Å². The summed E-state index contributed by atoms with van der Waals surface area (Å²) in [4.78, 5) is 0. The van der Waals surface area contributed by atoms with Gasteiger partial charge in [-0.25, -0.2) is 0 Å². The lowest BCUT2D eigenvalue weighted by atomic mass is 9.70. The lowest BCUT2D eigenvalue weighted by Gasteiger charge is -2.35. The summed E-state index contributed by atoms with van der Waals surface area (Å²) in [6, 6.07) is 0. The molecule has 0 aromatic carbocycles. The molecule has 0 heterocycles. The van der Waals surface area contributed by atoms with Gasteiger partial charge in [0.05, 0.1) is 0 Å². The monoisotopic (exact) mass is 183 g/mol. The van der Waals surface area contributed by atoms with Crippen LogP contribution in [-0.4, -0.2) is 11.4 Å². The molecule has 0 aromatic heterocycles. The number of hydrogen-bond donors (Lipinski definition) is 1. The van der Waals surface area contributed by atoms with Crippen LogP contribution in [0.5, 0.6) is 0 Å². The van der Waals surface area contributed by atoms with Crippen LogP contribution < -0.4 is 0 Å². The first kappa shape index (κ1) is 10.6. The van der Waals surface area contributed by atoms with Crippen LogP contribution in [0.15, 0.2) is 5.16 Å². The summed E-state index contributed by atoms with van der Waals surface area (Å²) in [5.41, 5.74) is 0.446. The quantitative estimate of drug-likeness (QED) is 0.377. The molecule has 1 rings (SSSR count). The van der Waals surface area contributed by atoms with Gasteiger partial charge in [-0.1, -0.05) is 20.8 Å². The summed E-state index contributed by atoms with van der Waals surface area (Å²) in [5.74, 6) is 1.36. The third-order valence-electron chi connectivity index (χ3n) is 3.27. The number of hydrogen-bond acceptors (Lipinski definition) is 2. The first-order valence-electron chi connectivity index (χ1n) is 5.21. The Morgan fingerprint density at radius 2 is 1.69 bits per heavy atom. The van der Waals surface area contributed by atoms with E-state index in [1.807, 2.05) is 0 Å². The minimum atomic E-state index is 0.446. The maximum atomic E-state index is 8.41. The maximum Gasteiger partial charge on any atom is 0.0466 e. The number of nitrogens with zero attached hydrogens (tertiary/aromatic N) is 1. The Labute approximate surface area is 81.0 Å². The Hall–Kier alpha value is -0.530. The highest BCUT2D eigenvalue weighted by Gasteiger charge is 2.28. The van der Waals surface area contributed by atoms with Crippen molar-refractivity contribution in [2.75, 3.05) is 0 Å². The smallest absolute Gasteiger partial charge is 0.0466 e. The van der Waals surface area contributed by atoms with Crippen molar-refractivity contribution in [2.45, 2.75) is 46.5 Å². The van der Waals surface area contributed by atoms with Crippen molar-refractivity contribution in [1.29, 1.82) is 0 Å². The van der Waals surface area contributed by atoms with Gasteiger partial charge in [0.25, 0.3) is 0 Å². The van der Waals surface area contributed by atoms with Crippen molar-refractivity contribution in [3.63, 3.8) is 0 Å². The molecule has 0 bridgehead atoms. The molecule has 1 aliphatic carbocycles. The van der Waals surface area contributed by atoms with Crippen LogP contribution >= 0.6 is 0 Å². The summed E-state index contributed by atoms with van der Waals surface area (Å²) in [7, 11) is 0. The fourth-order valence-electron chi connectivity index (χ4n) is 2.23. The summed E-state index contributed by atoms with van der Waals surface area (Å²) in [5, 5.41) is 11.5. The molecule has 2 nitrogen and oxygen atoms in total. The summed E-state index contributed by atoms with van der Waals surface area (Å²) in [6.07, 6.45) is 6.62. The standard InChI is InChI=1S/C11H21NO/c1-11(2,3)10-6-4-9(5-7-10)8-12-13/h8-10,13H,4-7H2,1-3H3/b12-8+. The second kappa shape index (κ2) is 4.12. The molecule has 0 saturated heterocycles. The molecule has 0 atom stereocenters. The van der Waals surface area contributed by atoms with Gasteiger partial charge in [0, 0.05) is 6.21 Å². The molecule has 0 spiro atoms. The number of rotatable bonds is 1. The summed E-state index contributed by atoms with van der Waals surface area (Å²) < 4.78 is 0. The highest BCUT2D eigenvalue weighted by molar-refractivity contribution is 5.59. The van der Waals surface area contributed by atoms with Crippen LogP contribution in [0.4, 0.5) is 0 Å². The van der Waals surface area contributed by atoms with E-state index in [1.165, 1.54) is 25.7 Å². The first-order chi connectivity index (χ1) is 6.04. The van der Waals surface area contributed by atoms with E-state index in [9.17, 15) is 0 Å². The van der Waals surface area contributed by atoms with Gasteiger partial charge in [-0.05, 0) is 42.9 Å². The molecular weight excluding hydrogens is 162 g/mol. The zero-order valence-electron chi connectivity index (χ0n) is 8.95. The molecular formula is C11H21NO. The van der Waals surface area contributed by atoms with Crippen molar-refractivity contribution in [1.82, 2.24) is 0 Å². The molecule has 0 radical (unpaired) electrons. The normalized spacial score (nSPS) is 31.0. The maximum absolute atomic E-state index is 8.41. The van der Waals surface area contributed by atoms with E-state index < -0.39 is 0 Å². The van der Waals surface area contributed by atoms with Gasteiger partial charge in [0.2, 0.25) is 0 Å². The Morgan fingerprint density at radius 1 is 1.15 bits per heavy atom. The predicted molar refractivity (Wildman–Crippen MR) is 55.2 cm³/mol. The minimum absolute atomic E-state index is 0.446. The van der Waals surface area contributed by atoms with Crippen molar-refractivity contribution in [2.24, 2.45) is 22.4 Å².